The molecule has 7 nitrogen and oxygen atoms in total. The Hall–Kier alpha value is -4.13. The molecule has 0 saturated carbocycles. The Morgan fingerprint density at radius 3 is 2.52 bits per heavy atom. The Morgan fingerprint density at radius 1 is 1.03 bits per heavy atom. The molecular weight excluding hydrogens is 418 g/mol. The number of Topliss-reactive ketones (excluding diaryl/α,β-unsaturated/α-hetero) is 1. The van der Waals surface area contributed by atoms with Gasteiger partial charge < -0.3 is 14.5 Å². The van der Waals surface area contributed by atoms with Gasteiger partial charge in [0.1, 0.15) is 18.1 Å². The predicted octanol–water partition coefficient (Wildman–Crippen LogP) is 5.18. The Morgan fingerprint density at radius 2 is 1.82 bits per heavy atom. The van der Waals surface area contributed by atoms with Crippen LogP contribution in [0.25, 0.3) is 0 Å². The third-order valence-corrected chi connectivity index (χ3v) is 5.15. The highest BCUT2D eigenvalue weighted by molar-refractivity contribution is 6.02. The fourth-order valence-electron chi connectivity index (χ4n) is 3.47. The zero-order valence-corrected chi connectivity index (χ0v) is 18.8. The number of anilines is 1. The van der Waals surface area contributed by atoms with Crippen LogP contribution in [-0.2, 0) is 13.2 Å². The second-order valence-electron chi connectivity index (χ2n) is 7.87. The van der Waals surface area contributed by atoms with Crippen LogP contribution in [0.4, 0.5) is 5.69 Å². The van der Waals surface area contributed by atoms with Crippen molar-refractivity contribution in [3.05, 3.63) is 101 Å². The number of hydrogen-bond donors (Lipinski definition) is 1. The van der Waals surface area contributed by atoms with E-state index in [2.05, 4.69) is 10.4 Å². The molecule has 0 bridgehead atoms. The van der Waals surface area contributed by atoms with Crippen LogP contribution in [0.2, 0.25) is 0 Å². The maximum atomic E-state index is 12.6. The van der Waals surface area contributed by atoms with Crippen molar-refractivity contribution in [1.29, 1.82) is 0 Å². The maximum absolute atomic E-state index is 12.6. The van der Waals surface area contributed by atoms with Gasteiger partial charge in [0.2, 0.25) is 0 Å². The average molecular weight is 444 g/mol. The zero-order valence-electron chi connectivity index (χ0n) is 18.8. The fourth-order valence-corrected chi connectivity index (χ4v) is 3.47. The first-order valence-corrected chi connectivity index (χ1v) is 10.6. The summed E-state index contributed by atoms with van der Waals surface area (Å²) in [5, 5.41) is 7.36. The SMILES string of the molecule is CC(=O)c1ccc(OCc2ccc(C(=O)Nc3cccc(Cn4nc(C)cc4C)c3)o2)cc1. The summed E-state index contributed by atoms with van der Waals surface area (Å²) in [4.78, 5) is 24.0. The van der Waals surface area contributed by atoms with E-state index in [0.717, 1.165) is 17.0 Å². The van der Waals surface area contributed by atoms with Gasteiger partial charge in [-0.15, -0.1) is 0 Å². The molecule has 4 aromatic rings. The standard InChI is InChI=1S/C26H25N3O4/c1-17-13-18(2)29(28-17)15-20-5-4-6-22(14-20)27-26(31)25-12-11-24(33-25)16-32-23-9-7-21(8-10-23)19(3)30/h4-14H,15-16H2,1-3H3,(H,27,31). The molecule has 0 aliphatic heterocycles. The van der Waals surface area contributed by atoms with Crippen LogP contribution < -0.4 is 10.1 Å². The number of aryl methyl sites for hydroxylation is 2. The van der Waals surface area contributed by atoms with E-state index < -0.39 is 0 Å². The maximum Gasteiger partial charge on any atom is 0.291 e. The zero-order chi connectivity index (χ0) is 23.4. The number of hydrogen-bond acceptors (Lipinski definition) is 5. The third kappa shape index (κ3) is 5.57. The second-order valence-corrected chi connectivity index (χ2v) is 7.87. The van der Waals surface area contributed by atoms with Crippen molar-refractivity contribution in [2.75, 3.05) is 5.32 Å². The highest BCUT2D eigenvalue weighted by Crippen LogP contribution is 2.18. The minimum Gasteiger partial charge on any atom is -0.486 e. The smallest absolute Gasteiger partial charge is 0.291 e. The number of ketones is 1. The van der Waals surface area contributed by atoms with Crippen molar-refractivity contribution in [3.8, 4) is 5.75 Å². The molecule has 0 atom stereocenters. The Kier molecular flexibility index (Phi) is 6.40. The number of ether oxygens (including phenoxy) is 1. The molecule has 0 unspecified atom stereocenters. The molecule has 0 saturated heterocycles. The lowest BCUT2D eigenvalue weighted by molar-refractivity contribution is 0.0990. The molecule has 33 heavy (non-hydrogen) atoms. The molecule has 0 spiro atoms. The van der Waals surface area contributed by atoms with Crippen LogP contribution in [0, 0.1) is 13.8 Å². The molecule has 2 aromatic heterocycles. The average Bonchev–Trinajstić information content (AvgIpc) is 3.39. The van der Waals surface area contributed by atoms with Crippen molar-refractivity contribution >= 4 is 17.4 Å². The van der Waals surface area contributed by atoms with E-state index >= 15 is 0 Å². The summed E-state index contributed by atoms with van der Waals surface area (Å²) in [5.41, 5.74) is 4.39. The van der Waals surface area contributed by atoms with Gasteiger partial charge in [0.25, 0.3) is 5.91 Å². The predicted molar refractivity (Wildman–Crippen MR) is 125 cm³/mol. The molecule has 2 aromatic carbocycles. The van der Waals surface area contributed by atoms with Crippen molar-refractivity contribution in [2.45, 2.75) is 33.9 Å². The number of furan rings is 1. The van der Waals surface area contributed by atoms with Crippen LogP contribution in [0.5, 0.6) is 5.75 Å². The van der Waals surface area contributed by atoms with E-state index in [-0.39, 0.29) is 24.1 Å². The fraction of sp³-hybridized carbons (Fsp3) is 0.192. The van der Waals surface area contributed by atoms with Crippen LogP contribution in [0.15, 0.2) is 71.1 Å². The number of carbonyl (C=O) groups is 2. The topological polar surface area (TPSA) is 86.4 Å². The first kappa shape index (κ1) is 22.1. The van der Waals surface area contributed by atoms with Crippen molar-refractivity contribution in [2.24, 2.45) is 0 Å². The lowest BCUT2D eigenvalue weighted by Crippen LogP contribution is -2.11. The molecule has 0 aliphatic rings. The quantitative estimate of drug-likeness (QED) is 0.380. The lowest BCUT2D eigenvalue weighted by atomic mass is 10.1. The highest BCUT2D eigenvalue weighted by Gasteiger charge is 2.13. The number of rotatable bonds is 8. The molecule has 1 amide bonds. The summed E-state index contributed by atoms with van der Waals surface area (Å²) in [7, 11) is 0. The Labute approximate surface area is 192 Å². The molecular formula is C26H25N3O4. The van der Waals surface area contributed by atoms with E-state index in [1.54, 1.807) is 36.4 Å². The van der Waals surface area contributed by atoms with Crippen molar-refractivity contribution < 1.29 is 18.7 Å². The van der Waals surface area contributed by atoms with E-state index in [1.165, 1.54) is 6.92 Å². The minimum absolute atomic E-state index is 0.000346. The van der Waals surface area contributed by atoms with Gasteiger partial charge in [-0.2, -0.15) is 5.10 Å². The molecule has 0 aliphatic carbocycles. The summed E-state index contributed by atoms with van der Waals surface area (Å²) < 4.78 is 13.3. The summed E-state index contributed by atoms with van der Waals surface area (Å²) in [6.45, 7) is 6.30. The number of amides is 1. The lowest BCUT2D eigenvalue weighted by Gasteiger charge is -2.08. The first-order chi connectivity index (χ1) is 15.9. The normalized spacial score (nSPS) is 10.8. The van der Waals surface area contributed by atoms with Gasteiger partial charge in [-0.25, -0.2) is 0 Å². The Balaban J connectivity index is 1.35. The molecule has 0 fully saturated rings. The van der Waals surface area contributed by atoms with E-state index in [9.17, 15) is 9.59 Å². The first-order valence-electron chi connectivity index (χ1n) is 10.6. The largest absolute Gasteiger partial charge is 0.486 e. The minimum atomic E-state index is -0.338. The number of aromatic nitrogens is 2. The number of nitrogens with zero attached hydrogens (tertiary/aromatic N) is 2. The third-order valence-electron chi connectivity index (χ3n) is 5.15. The summed E-state index contributed by atoms with van der Waals surface area (Å²) >= 11 is 0. The van der Waals surface area contributed by atoms with Gasteiger partial charge in [0.05, 0.1) is 12.2 Å². The van der Waals surface area contributed by atoms with Crippen molar-refractivity contribution in [1.82, 2.24) is 9.78 Å². The number of benzene rings is 2. The summed E-state index contributed by atoms with van der Waals surface area (Å²) in [6, 6.07) is 19.9. The van der Waals surface area contributed by atoms with Gasteiger partial charge in [0, 0.05) is 16.9 Å². The van der Waals surface area contributed by atoms with Gasteiger partial charge >= 0.3 is 0 Å². The number of nitrogens with one attached hydrogen (secondary N) is 1. The second kappa shape index (κ2) is 9.56. The van der Waals surface area contributed by atoms with Crippen LogP contribution in [0.3, 0.4) is 0 Å². The highest BCUT2D eigenvalue weighted by atomic mass is 16.5. The van der Waals surface area contributed by atoms with E-state index in [1.807, 2.05) is 48.9 Å². The molecule has 4 rings (SSSR count). The van der Waals surface area contributed by atoms with Gasteiger partial charge in [0.15, 0.2) is 11.5 Å². The monoisotopic (exact) mass is 443 g/mol. The van der Waals surface area contributed by atoms with E-state index in [0.29, 0.717) is 29.3 Å². The molecule has 168 valence electrons. The molecule has 7 heteroatoms. The van der Waals surface area contributed by atoms with Gasteiger partial charge in [-0.05, 0) is 80.9 Å². The van der Waals surface area contributed by atoms with Gasteiger partial charge in [-0.1, -0.05) is 12.1 Å². The van der Waals surface area contributed by atoms with Crippen molar-refractivity contribution in [3.63, 3.8) is 0 Å². The number of carbonyl (C=O) groups excluding carboxylic acids is 2. The van der Waals surface area contributed by atoms with Crippen LogP contribution in [0.1, 0.15) is 50.5 Å². The summed E-state index contributed by atoms with van der Waals surface area (Å²) in [6.07, 6.45) is 0. The molecule has 0 radical (unpaired) electrons. The Bertz CT molecular complexity index is 1290. The van der Waals surface area contributed by atoms with Gasteiger partial charge in [-0.3, -0.25) is 14.3 Å². The molecule has 2 heterocycles. The molecule has 1 N–H and O–H groups in total. The summed E-state index contributed by atoms with van der Waals surface area (Å²) in [5.74, 6) is 0.996. The van der Waals surface area contributed by atoms with E-state index in [4.69, 9.17) is 9.15 Å². The van der Waals surface area contributed by atoms with Crippen LogP contribution in [-0.4, -0.2) is 21.5 Å². The van der Waals surface area contributed by atoms with Crippen LogP contribution >= 0.6 is 0 Å².